The van der Waals surface area contributed by atoms with Crippen molar-refractivity contribution in [2.75, 3.05) is 6.61 Å². The summed E-state index contributed by atoms with van der Waals surface area (Å²) in [6.07, 6.45) is 18.4. The first kappa shape index (κ1) is 19.9. The molecule has 5 rings (SSSR count). The molecule has 1 saturated heterocycles. The van der Waals surface area contributed by atoms with E-state index in [1.165, 1.54) is 64.2 Å². The zero-order valence-electron chi connectivity index (χ0n) is 19.2. The molecule has 1 heteroatoms. The first-order valence-corrected chi connectivity index (χ1v) is 13.1. The van der Waals surface area contributed by atoms with Gasteiger partial charge in [0.25, 0.3) is 0 Å². The lowest BCUT2D eigenvalue weighted by Crippen LogP contribution is -2.54. The molecule has 0 amide bonds. The van der Waals surface area contributed by atoms with E-state index < -0.39 is 0 Å². The topological polar surface area (TPSA) is 9.23 Å². The second-order valence-electron chi connectivity index (χ2n) is 12.6. The Labute approximate surface area is 174 Å². The fourth-order valence-corrected chi connectivity index (χ4v) is 9.77. The van der Waals surface area contributed by atoms with Gasteiger partial charge in [0.1, 0.15) is 0 Å². The van der Waals surface area contributed by atoms with Crippen LogP contribution in [0.4, 0.5) is 0 Å². The monoisotopic (exact) mass is 386 g/mol. The first-order chi connectivity index (χ1) is 13.4. The molecule has 0 aromatic carbocycles. The van der Waals surface area contributed by atoms with Gasteiger partial charge in [-0.1, -0.05) is 47.0 Å². The molecule has 9 atom stereocenters. The van der Waals surface area contributed by atoms with Crippen LogP contribution >= 0.6 is 0 Å². The summed E-state index contributed by atoms with van der Waals surface area (Å²) < 4.78 is 6.35. The molecule has 0 aromatic rings. The third kappa shape index (κ3) is 2.96. The summed E-state index contributed by atoms with van der Waals surface area (Å²) in [5.74, 6) is 6.88. The third-order valence-electron chi connectivity index (χ3n) is 11.1. The molecular weight excluding hydrogens is 340 g/mol. The Kier molecular flexibility index (Phi) is 5.17. The lowest BCUT2D eigenvalue weighted by Gasteiger charge is -2.60. The zero-order chi connectivity index (χ0) is 19.5. The molecule has 5 aliphatic rings. The SMILES string of the molecule is CC(C)CCC[C@@H](C)[C@H]1CC[C@H]2[C@@H]3CC[C@H]4CC[C@H]5C[C@]4(CO5)[C@H]3CC[C@]12C. The van der Waals surface area contributed by atoms with Crippen LogP contribution in [0.25, 0.3) is 0 Å². The van der Waals surface area contributed by atoms with Gasteiger partial charge in [0.05, 0.1) is 12.7 Å². The summed E-state index contributed by atoms with van der Waals surface area (Å²) in [5.41, 5.74) is 1.25. The van der Waals surface area contributed by atoms with Crippen molar-refractivity contribution in [1.82, 2.24) is 0 Å². The van der Waals surface area contributed by atoms with Crippen LogP contribution in [0.3, 0.4) is 0 Å². The summed E-state index contributed by atoms with van der Waals surface area (Å²) in [4.78, 5) is 0. The zero-order valence-corrected chi connectivity index (χ0v) is 19.2. The molecule has 0 N–H and O–H groups in total. The van der Waals surface area contributed by atoms with Crippen LogP contribution < -0.4 is 0 Å². The second kappa shape index (κ2) is 7.28. The van der Waals surface area contributed by atoms with Gasteiger partial charge in [0, 0.05) is 5.41 Å². The maximum Gasteiger partial charge on any atom is 0.0581 e. The quantitative estimate of drug-likeness (QED) is 0.475. The van der Waals surface area contributed by atoms with Crippen molar-refractivity contribution in [3.05, 3.63) is 0 Å². The van der Waals surface area contributed by atoms with Crippen LogP contribution in [0, 0.1) is 52.3 Å². The van der Waals surface area contributed by atoms with Crippen molar-refractivity contribution in [3.8, 4) is 0 Å². The minimum atomic E-state index is 0.605. The lowest BCUT2D eigenvalue weighted by atomic mass is 9.44. The van der Waals surface area contributed by atoms with Crippen LogP contribution in [-0.4, -0.2) is 12.7 Å². The van der Waals surface area contributed by atoms with Gasteiger partial charge in [0.2, 0.25) is 0 Å². The van der Waals surface area contributed by atoms with Crippen molar-refractivity contribution < 1.29 is 4.74 Å². The highest BCUT2D eigenvalue weighted by atomic mass is 16.5. The minimum absolute atomic E-state index is 0.605. The Morgan fingerprint density at radius 3 is 2.54 bits per heavy atom. The molecule has 1 heterocycles. The van der Waals surface area contributed by atoms with Gasteiger partial charge in [-0.25, -0.2) is 0 Å². The molecule has 1 nitrogen and oxygen atoms in total. The van der Waals surface area contributed by atoms with Gasteiger partial charge < -0.3 is 4.74 Å². The average molecular weight is 387 g/mol. The highest BCUT2D eigenvalue weighted by molar-refractivity contribution is 5.12. The van der Waals surface area contributed by atoms with E-state index in [1.54, 1.807) is 12.8 Å². The summed E-state index contributed by atoms with van der Waals surface area (Å²) in [5, 5.41) is 0. The van der Waals surface area contributed by atoms with Crippen LogP contribution in [0.1, 0.15) is 105 Å². The molecule has 160 valence electrons. The number of hydrogen-bond donors (Lipinski definition) is 0. The van der Waals surface area contributed by atoms with E-state index in [0.717, 1.165) is 48.0 Å². The van der Waals surface area contributed by atoms with Gasteiger partial charge in [-0.15, -0.1) is 0 Å². The number of rotatable bonds is 5. The predicted molar refractivity (Wildman–Crippen MR) is 117 cm³/mol. The minimum Gasteiger partial charge on any atom is -0.378 e. The van der Waals surface area contributed by atoms with E-state index in [4.69, 9.17) is 4.74 Å². The van der Waals surface area contributed by atoms with E-state index in [0.29, 0.717) is 16.9 Å². The van der Waals surface area contributed by atoms with E-state index in [-0.39, 0.29) is 0 Å². The molecule has 0 unspecified atom stereocenters. The van der Waals surface area contributed by atoms with Crippen LogP contribution in [0.5, 0.6) is 0 Å². The fraction of sp³-hybridized carbons (Fsp3) is 1.00. The molecule has 0 aromatic heterocycles. The molecule has 1 aliphatic heterocycles. The fourth-order valence-electron chi connectivity index (χ4n) is 9.77. The molecule has 4 saturated carbocycles. The number of hydrogen-bond acceptors (Lipinski definition) is 1. The van der Waals surface area contributed by atoms with Gasteiger partial charge in [0.15, 0.2) is 0 Å². The normalized spacial score (nSPS) is 50.9. The molecule has 4 aliphatic carbocycles. The van der Waals surface area contributed by atoms with Gasteiger partial charge in [-0.05, 0) is 105 Å². The molecule has 28 heavy (non-hydrogen) atoms. The van der Waals surface area contributed by atoms with E-state index in [2.05, 4.69) is 27.7 Å². The highest BCUT2D eigenvalue weighted by Crippen LogP contribution is 2.69. The summed E-state index contributed by atoms with van der Waals surface area (Å²) >= 11 is 0. The third-order valence-corrected chi connectivity index (χ3v) is 11.1. The largest absolute Gasteiger partial charge is 0.378 e. The average Bonchev–Trinajstić information content (AvgIpc) is 3.18. The maximum atomic E-state index is 6.35. The molecule has 2 bridgehead atoms. The first-order valence-electron chi connectivity index (χ1n) is 13.1. The molecule has 5 fully saturated rings. The Balaban J connectivity index is 1.31. The van der Waals surface area contributed by atoms with Crippen LogP contribution in [0.15, 0.2) is 0 Å². The van der Waals surface area contributed by atoms with Crippen molar-refractivity contribution in [2.45, 2.75) is 111 Å². The summed E-state index contributed by atoms with van der Waals surface area (Å²) in [6.45, 7) is 11.2. The van der Waals surface area contributed by atoms with Crippen molar-refractivity contribution in [3.63, 3.8) is 0 Å². The van der Waals surface area contributed by atoms with Crippen molar-refractivity contribution in [1.29, 1.82) is 0 Å². The van der Waals surface area contributed by atoms with E-state index >= 15 is 0 Å². The van der Waals surface area contributed by atoms with Gasteiger partial charge in [-0.2, -0.15) is 0 Å². The van der Waals surface area contributed by atoms with Crippen molar-refractivity contribution in [2.24, 2.45) is 52.3 Å². The summed E-state index contributed by atoms with van der Waals surface area (Å²) in [6, 6.07) is 0. The highest BCUT2D eigenvalue weighted by Gasteiger charge is 2.63. The lowest BCUT2D eigenvalue weighted by molar-refractivity contribution is -0.111. The van der Waals surface area contributed by atoms with Crippen LogP contribution in [-0.2, 0) is 4.74 Å². The molecule has 1 spiro atoms. The maximum absolute atomic E-state index is 6.35. The van der Waals surface area contributed by atoms with Crippen LogP contribution in [0.2, 0.25) is 0 Å². The van der Waals surface area contributed by atoms with E-state index in [1.807, 2.05) is 0 Å². The van der Waals surface area contributed by atoms with E-state index in [9.17, 15) is 0 Å². The standard InChI is InChI=1S/C27H46O/c1-18(2)6-5-7-19(3)23-12-13-24-22-11-9-20-8-10-21-16-27(20,17-28-21)25(22)14-15-26(23,24)4/h18-25H,5-17H2,1-4H3/t19-,20-,21+,22+,23-,24+,25+,26-,27-/m1/s1. The second-order valence-corrected chi connectivity index (χ2v) is 12.6. The Morgan fingerprint density at radius 1 is 0.893 bits per heavy atom. The molecular formula is C27H46O. The van der Waals surface area contributed by atoms with Gasteiger partial charge >= 0.3 is 0 Å². The Bertz CT molecular complexity index is 569. The summed E-state index contributed by atoms with van der Waals surface area (Å²) in [7, 11) is 0. The Morgan fingerprint density at radius 2 is 1.71 bits per heavy atom. The smallest absolute Gasteiger partial charge is 0.0581 e. The Hall–Kier alpha value is -0.0400. The molecule has 0 radical (unpaired) electrons. The predicted octanol–water partition coefficient (Wildman–Crippen LogP) is 7.49. The van der Waals surface area contributed by atoms with Gasteiger partial charge in [-0.3, -0.25) is 0 Å². The van der Waals surface area contributed by atoms with Crippen molar-refractivity contribution >= 4 is 0 Å². The number of fused-ring (bicyclic) bond motifs is 4. The number of ether oxygens (including phenoxy) is 1.